The smallest absolute Gasteiger partial charge is 0.0467 e. The van der Waals surface area contributed by atoms with Gasteiger partial charge in [0.2, 0.25) is 0 Å². The zero-order chi connectivity index (χ0) is 11.9. The van der Waals surface area contributed by atoms with Gasteiger partial charge in [-0.2, -0.15) is 0 Å². The maximum absolute atomic E-state index is 5.13. The fraction of sp³-hybridized carbons (Fsp3) is 1.00. The molecule has 0 saturated carbocycles. The Morgan fingerprint density at radius 3 is 2.56 bits per heavy atom. The van der Waals surface area contributed by atoms with Crippen molar-refractivity contribution in [2.75, 3.05) is 46.4 Å². The number of hydrogen-bond acceptors (Lipinski definition) is 3. The van der Waals surface area contributed by atoms with Gasteiger partial charge in [0, 0.05) is 33.4 Å². The normalized spacial score (nSPS) is 18.2. The third kappa shape index (κ3) is 5.83. The molecule has 0 radical (unpaired) electrons. The summed E-state index contributed by atoms with van der Waals surface area (Å²) in [7, 11) is 1.77. The van der Waals surface area contributed by atoms with Crippen LogP contribution in [0.25, 0.3) is 0 Å². The Labute approximate surface area is 101 Å². The summed E-state index contributed by atoms with van der Waals surface area (Å²) in [5.41, 5.74) is 0.348. The number of rotatable bonds is 8. The van der Waals surface area contributed by atoms with Gasteiger partial charge >= 0.3 is 0 Å². The van der Waals surface area contributed by atoms with Crippen molar-refractivity contribution >= 4 is 0 Å². The molecule has 1 aliphatic heterocycles. The van der Waals surface area contributed by atoms with Crippen LogP contribution in [0.15, 0.2) is 0 Å². The van der Waals surface area contributed by atoms with Crippen LogP contribution in [0.1, 0.15) is 33.1 Å². The highest BCUT2D eigenvalue weighted by atomic mass is 16.5. The lowest BCUT2D eigenvalue weighted by molar-refractivity contribution is 0.150. The molecule has 0 aromatic carbocycles. The Hall–Kier alpha value is -0.120. The van der Waals surface area contributed by atoms with Crippen molar-refractivity contribution in [2.24, 2.45) is 5.41 Å². The molecule has 0 spiro atoms. The van der Waals surface area contributed by atoms with E-state index in [1.807, 2.05) is 0 Å². The van der Waals surface area contributed by atoms with Crippen LogP contribution < -0.4 is 5.32 Å². The quantitative estimate of drug-likeness (QED) is 0.640. The summed E-state index contributed by atoms with van der Waals surface area (Å²) in [6.07, 6.45) is 3.90. The van der Waals surface area contributed by atoms with E-state index in [1.165, 1.54) is 32.5 Å². The summed E-state index contributed by atoms with van der Waals surface area (Å²) in [5.74, 6) is 0. The van der Waals surface area contributed by atoms with E-state index in [0.717, 1.165) is 26.1 Å². The zero-order valence-corrected chi connectivity index (χ0v) is 11.2. The molecule has 3 heteroatoms. The van der Waals surface area contributed by atoms with Gasteiger partial charge in [-0.25, -0.2) is 0 Å². The second kappa shape index (κ2) is 7.25. The van der Waals surface area contributed by atoms with Crippen molar-refractivity contribution in [3.8, 4) is 0 Å². The van der Waals surface area contributed by atoms with Crippen LogP contribution >= 0.6 is 0 Å². The van der Waals surface area contributed by atoms with Crippen molar-refractivity contribution in [3.05, 3.63) is 0 Å². The first-order valence-corrected chi connectivity index (χ1v) is 6.56. The molecule has 1 aliphatic rings. The minimum atomic E-state index is 0.348. The summed E-state index contributed by atoms with van der Waals surface area (Å²) in [4.78, 5) is 2.55. The zero-order valence-electron chi connectivity index (χ0n) is 11.2. The Morgan fingerprint density at radius 2 is 1.94 bits per heavy atom. The SMILES string of the molecule is COCCC(C)(C)CNCCN1CCCC1. The van der Waals surface area contributed by atoms with E-state index in [9.17, 15) is 0 Å². The molecule has 1 saturated heterocycles. The molecule has 96 valence electrons. The van der Waals surface area contributed by atoms with Crippen LogP contribution in [0, 0.1) is 5.41 Å². The summed E-state index contributed by atoms with van der Waals surface area (Å²) < 4.78 is 5.13. The third-order valence-corrected chi connectivity index (χ3v) is 3.39. The summed E-state index contributed by atoms with van der Waals surface area (Å²) in [6.45, 7) is 11.5. The van der Waals surface area contributed by atoms with E-state index >= 15 is 0 Å². The minimum absolute atomic E-state index is 0.348. The first-order chi connectivity index (χ1) is 7.64. The van der Waals surface area contributed by atoms with Crippen molar-refractivity contribution < 1.29 is 4.74 Å². The Morgan fingerprint density at radius 1 is 1.25 bits per heavy atom. The fourth-order valence-electron chi connectivity index (χ4n) is 2.14. The Bertz CT molecular complexity index is 177. The van der Waals surface area contributed by atoms with E-state index < -0.39 is 0 Å². The predicted octanol–water partition coefficient (Wildman–Crippen LogP) is 1.73. The number of ether oxygens (including phenoxy) is 1. The molecule has 0 unspecified atom stereocenters. The van der Waals surface area contributed by atoms with Crippen LogP contribution in [-0.2, 0) is 4.74 Å². The first-order valence-electron chi connectivity index (χ1n) is 6.56. The monoisotopic (exact) mass is 228 g/mol. The van der Waals surface area contributed by atoms with E-state index in [4.69, 9.17) is 4.74 Å². The first kappa shape index (κ1) is 13.9. The van der Waals surface area contributed by atoms with Gasteiger partial charge in [-0.3, -0.25) is 0 Å². The molecule has 0 bridgehead atoms. The summed E-state index contributed by atoms with van der Waals surface area (Å²) >= 11 is 0. The van der Waals surface area contributed by atoms with Crippen LogP contribution in [0.3, 0.4) is 0 Å². The second-order valence-corrected chi connectivity index (χ2v) is 5.63. The van der Waals surface area contributed by atoms with Crippen LogP contribution in [0.4, 0.5) is 0 Å². The topological polar surface area (TPSA) is 24.5 Å². The second-order valence-electron chi connectivity index (χ2n) is 5.63. The van der Waals surface area contributed by atoms with Gasteiger partial charge in [-0.05, 0) is 37.8 Å². The Kier molecular flexibility index (Phi) is 6.32. The van der Waals surface area contributed by atoms with Crippen molar-refractivity contribution in [2.45, 2.75) is 33.1 Å². The van der Waals surface area contributed by atoms with Crippen LogP contribution in [0.5, 0.6) is 0 Å². The lowest BCUT2D eigenvalue weighted by atomic mass is 9.90. The van der Waals surface area contributed by atoms with E-state index in [2.05, 4.69) is 24.1 Å². The molecular weight excluding hydrogens is 200 g/mol. The summed E-state index contributed by atoms with van der Waals surface area (Å²) in [5, 5.41) is 3.56. The molecule has 0 aromatic heterocycles. The predicted molar refractivity (Wildman–Crippen MR) is 68.8 cm³/mol. The molecule has 16 heavy (non-hydrogen) atoms. The largest absolute Gasteiger partial charge is 0.385 e. The van der Waals surface area contributed by atoms with Crippen molar-refractivity contribution in [1.82, 2.24) is 10.2 Å². The van der Waals surface area contributed by atoms with Gasteiger partial charge in [0.1, 0.15) is 0 Å². The highest BCUT2D eigenvalue weighted by molar-refractivity contribution is 4.73. The highest BCUT2D eigenvalue weighted by Gasteiger charge is 2.17. The minimum Gasteiger partial charge on any atom is -0.385 e. The molecule has 1 heterocycles. The maximum atomic E-state index is 5.13. The molecule has 0 amide bonds. The van der Waals surface area contributed by atoms with Crippen LogP contribution in [-0.4, -0.2) is 51.3 Å². The number of hydrogen-bond donors (Lipinski definition) is 1. The van der Waals surface area contributed by atoms with E-state index in [-0.39, 0.29) is 0 Å². The molecule has 1 N–H and O–H groups in total. The molecule has 1 rings (SSSR count). The molecular formula is C13H28N2O. The number of methoxy groups -OCH3 is 1. The molecule has 0 atom stereocenters. The lowest BCUT2D eigenvalue weighted by Gasteiger charge is -2.25. The van der Waals surface area contributed by atoms with Crippen LogP contribution in [0.2, 0.25) is 0 Å². The van der Waals surface area contributed by atoms with Gasteiger partial charge in [0.25, 0.3) is 0 Å². The average Bonchev–Trinajstić information content (AvgIpc) is 2.75. The standard InChI is InChI=1S/C13H28N2O/c1-13(2,6-11-16-3)12-14-7-10-15-8-4-5-9-15/h14H,4-12H2,1-3H3. The Balaban J connectivity index is 2.00. The fourth-order valence-corrected chi connectivity index (χ4v) is 2.14. The lowest BCUT2D eigenvalue weighted by Crippen LogP contribution is -2.35. The van der Waals surface area contributed by atoms with E-state index in [0.29, 0.717) is 5.41 Å². The number of likely N-dealkylation sites (tertiary alicyclic amines) is 1. The van der Waals surface area contributed by atoms with Gasteiger partial charge in [0.05, 0.1) is 0 Å². The van der Waals surface area contributed by atoms with Gasteiger partial charge in [0.15, 0.2) is 0 Å². The maximum Gasteiger partial charge on any atom is 0.0467 e. The van der Waals surface area contributed by atoms with E-state index in [1.54, 1.807) is 7.11 Å². The number of nitrogens with one attached hydrogen (secondary N) is 1. The third-order valence-electron chi connectivity index (χ3n) is 3.39. The highest BCUT2D eigenvalue weighted by Crippen LogP contribution is 2.18. The molecule has 3 nitrogen and oxygen atoms in total. The average molecular weight is 228 g/mol. The van der Waals surface area contributed by atoms with Gasteiger partial charge in [-0.1, -0.05) is 13.8 Å². The summed E-state index contributed by atoms with van der Waals surface area (Å²) in [6, 6.07) is 0. The van der Waals surface area contributed by atoms with Crippen molar-refractivity contribution in [3.63, 3.8) is 0 Å². The molecule has 0 aromatic rings. The van der Waals surface area contributed by atoms with Crippen molar-refractivity contribution in [1.29, 1.82) is 0 Å². The molecule has 1 fully saturated rings. The van der Waals surface area contributed by atoms with Gasteiger partial charge in [-0.15, -0.1) is 0 Å². The van der Waals surface area contributed by atoms with Gasteiger partial charge < -0.3 is 15.0 Å². The molecule has 0 aliphatic carbocycles. The number of nitrogens with zero attached hydrogens (tertiary/aromatic N) is 1.